The predicted molar refractivity (Wildman–Crippen MR) is 107 cm³/mol. The standard InChI is InChI=1S/C23H23F4NO2/c1-21(2,18-12-16(24)8-9-20(18)30-3)14-22(29,23(25,26)27)13-19-17-7-5-4-6-15(17)10-11-28-19/h4-12,29H,13-14H2,1-3H3. The number of aromatic nitrogens is 1. The number of hydrogen-bond acceptors (Lipinski definition) is 3. The summed E-state index contributed by atoms with van der Waals surface area (Å²) < 4.78 is 61.4. The van der Waals surface area contributed by atoms with Crippen LogP contribution in [0.2, 0.25) is 0 Å². The first kappa shape index (κ1) is 22.0. The van der Waals surface area contributed by atoms with Crippen molar-refractivity contribution in [2.45, 2.75) is 43.9 Å². The molecule has 0 spiro atoms. The van der Waals surface area contributed by atoms with Crippen molar-refractivity contribution in [1.82, 2.24) is 4.98 Å². The molecule has 3 nitrogen and oxygen atoms in total. The molecule has 1 atom stereocenters. The molecule has 0 radical (unpaired) electrons. The fourth-order valence-corrected chi connectivity index (χ4v) is 3.90. The molecule has 0 saturated heterocycles. The molecule has 3 aromatic rings. The lowest BCUT2D eigenvalue weighted by atomic mass is 9.73. The molecule has 2 aromatic carbocycles. The van der Waals surface area contributed by atoms with Crippen molar-refractivity contribution >= 4 is 10.8 Å². The first-order valence-corrected chi connectivity index (χ1v) is 9.43. The van der Waals surface area contributed by atoms with Crippen molar-refractivity contribution < 1.29 is 27.4 Å². The summed E-state index contributed by atoms with van der Waals surface area (Å²) in [5, 5.41) is 12.2. The quantitative estimate of drug-likeness (QED) is 0.528. The second-order valence-electron chi connectivity index (χ2n) is 8.09. The van der Waals surface area contributed by atoms with Crippen molar-refractivity contribution in [1.29, 1.82) is 0 Å². The number of nitrogens with zero attached hydrogens (tertiary/aromatic N) is 1. The third-order valence-corrected chi connectivity index (χ3v) is 5.37. The third-order valence-electron chi connectivity index (χ3n) is 5.37. The highest BCUT2D eigenvalue weighted by Crippen LogP contribution is 2.45. The summed E-state index contributed by atoms with van der Waals surface area (Å²) in [6.45, 7) is 3.05. The van der Waals surface area contributed by atoms with Crippen LogP contribution in [-0.2, 0) is 11.8 Å². The van der Waals surface area contributed by atoms with Crippen LogP contribution in [0.5, 0.6) is 5.75 Å². The van der Waals surface area contributed by atoms with Gasteiger partial charge in [0.25, 0.3) is 0 Å². The molecule has 160 valence electrons. The highest BCUT2D eigenvalue weighted by Gasteiger charge is 2.56. The molecular weight excluding hydrogens is 398 g/mol. The molecule has 1 unspecified atom stereocenters. The molecule has 1 heterocycles. The monoisotopic (exact) mass is 421 g/mol. The molecule has 1 N–H and O–H groups in total. The highest BCUT2D eigenvalue weighted by atomic mass is 19.4. The van der Waals surface area contributed by atoms with E-state index in [1.165, 1.54) is 39.3 Å². The van der Waals surface area contributed by atoms with Crippen LogP contribution in [0.15, 0.2) is 54.7 Å². The molecule has 3 rings (SSSR count). The summed E-state index contributed by atoms with van der Waals surface area (Å²) in [5.41, 5.74) is -3.93. The zero-order valence-corrected chi connectivity index (χ0v) is 16.9. The van der Waals surface area contributed by atoms with E-state index in [-0.39, 0.29) is 17.0 Å². The Balaban J connectivity index is 2.05. The molecule has 0 aliphatic carbocycles. The SMILES string of the molecule is COc1ccc(F)cc1C(C)(C)CC(O)(Cc1nccc2ccccc12)C(F)(F)F. The van der Waals surface area contributed by atoms with Gasteiger partial charge in [-0.3, -0.25) is 4.98 Å². The molecule has 0 saturated carbocycles. The Morgan fingerprint density at radius 3 is 2.40 bits per heavy atom. The summed E-state index contributed by atoms with van der Waals surface area (Å²) >= 11 is 0. The summed E-state index contributed by atoms with van der Waals surface area (Å²) in [7, 11) is 1.36. The van der Waals surface area contributed by atoms with Gasteiger partial charge < -0.3 is 9.84 Å². The fourth-order valence-electron chi connectivity index (χ4n) is 3.90. The lowest BCUT2D eigenvalue weighted by Crippen LogP contribution is -2.51. The van der Waals surface area contributed by atoms with Crippen LogP contribution in [0, 0.1) is 5.82 Å². The molecule has 0 aliphatic heterocycles. The predicted octanol–water partition coefficient (Wildman–Crippen LogP) is 5.59. The molecular formula is C23H23F4NO2. The number of halogens is 4. The Morgan fingerprint density at radius 1 is 1.03 bits per heavy atom. The first-order chi connectivity index (χ1) is 14.0. The smallest absolute Gasteiger partial charge is 0.417 e. The Labute approximate surface area is 172 Å². The van der Waals surface area contributed by atoms with Crippen molar-refractivity contribution in [2.24, 2.45) is 0 Å². The van der Waals surface area contributed by atoms with Gasteiger partial charge in [0, 0.05) is 23.6 Å². The van der Waals surface area contributed by atoms with Crippen LogP contribution in [0.4, 0.5) is 17.6 Å². The van der Waals surface area contributed by atoms with Gasteiger partial charge in [0.15, 0.2) is 5.60 Å². The van der Waals surface area contributed by atoms with E-state index < -0.39 is 35.9 Å². The lowest BCUT2D eigenvalue weighted by Gasteiger charge is -2.38. The van der Waals surface area contributed by atoms with E-state index >= 15 is 0 Å². The van der Waals surface area contributed by atoms with Gasteiger partial charge in [0.05, 0.1) is 12.8 Å². The van der Waals surface area contributed by atoms with Crippen LogP contribution in [0.25, 0.3) is 10.8 Å². The van der Waals surface area contributed by atoms with Crippen LogP contribution in [-0.4, -0.2) is 29.0 Å². The average Bonchev–Trinajstić information content (AvgIpc) is 2.67. The number of hydrogen-bond donors (Lipinski definition) is 1. The van der Waals surface area contributed by atoms with Crippen molar-refractivity contribution in [2.75, 3.05) is 7.11 Å². The zero-order valence-electron chi connectivity index (χ0n) is 16.9. The number of rotatable bonds is 6. The second kappa shape index (κ2) is 7.87. The molecule has 0 amide bonds. The van der Waals surface area contributed by atoms with Gasteiger partial charge in [-0.1, -0.05) is 38.1 Å². The van der Waals surface area contributed by atoms with Gasteiger partial charge in [0.1, 0.15) is 11.6 Å². The van der Waals surface area contributed by atoms with E-state index in [0.717, 1.165) is 11.5 Å². The number of ether oxygens (including phenoxy) is 1. The van der Waals surface area contributed by atoms with Crippen molar-refractivity contribution in [3.63, 3.8) is 0 Å². The van der Waals surface area contributed by atoms with Crippen LogP contribution in [0.3, 0.4) is 0 Å². The van der Waals surface area contributed by atoms with Gasteiger partial charge in [-0.2, -0.15) is 13.2 Å². The summed E-state index contributed by atoms with van der Waals surface area (Å²) in [6.07, 6.45) is -4.92. The highest BCUT2D eigenvalue weighted by molar-refractivity contribution is 5.84. The van der Waals surface area contributed by atoms with Gasteiger partial charge >= 0.3 is 6.18 Å². The first-order valence-electron chi connectivity index (χ1n) is 9.43. The van der Waals surface area contributed by atoms with Gasteiger partial charge in [-0.05, 0) is 41.5 Å². The second-order valence-corrected chi connectivity index (χ2v) is 8.09. The van der Waals surface area contributed by atoms with E-state index in [9.17, 15) is 22.7 Å². The maximum Gasteiger partial charge on any atom is 0.417 e. The van der Waals surface area contributed by atoms with Gasteiger partial charge in [-0.15, -0.1) is 0 Å². The number of pyridine rings is 1. The summed E-state index contributed by atoms with van der Waals surface area (Å²) in [6, 6.07) is 12.3. The maximum absolute atomic E-state index is 14.1. The Kier molecular flexibility index (Phi) is 5.78. The van der Waals surface area contributed by atoms with Crippen molar-refractivity contribution in [3.05, 3.63) is 71.8 Å². The lowest BCUT2D eigenvalue weighted by molar-refractivity contribution is -0.266. The molecule has 30 heavy (non-hydrogen) atoms. The number of methoxy groups -OCH3 is 1. The minimum atomic E-state index is -4.93. The van der Waals surface area contributed by atoms with Crippen LogP contribution >= 0.6 is 0 Å². The largest absolute Gasteiger partial charge is 0.496 e. The topological polar surface area (TPSA) is 42.4 Å². The van der Waals surface area contributed by atoms with E-state index in [4.69, 9.17) is 4.74 Å². The Bertz CT molecular complexity index is 1040. The maximum atomic E-state index is 14.1. The summed E-state index contributed by atoms with van der Waals surface area (Å²) in [4.78, 5) is 4.11. The zero-order chi connectivity index (χ0) is 22.2. The van der Waals surface area contributed by atoms with E-state index in [0.29, 0.717) is 5.39 Å². The number of aliphatic hydroxyl groups is 1. The van der Waals surface area contributed by atoms with E-state index in [1.807, 2.05) is 0 Å². The molecule has 0 bridgehead atoms. The Hall–Kier alpha value is -2.67. The molecule has 7 heteroatoms. The van der Waals surface area contributed by atoms with Crippen molar-refractivity contribution in [3.8, 4) is 5.75 Å². The van der Waals surface area contributed by atoms with E-state index in [2.05, 4.69) is 4.98 Å². The van der Waals surface area contributed by atoms with Crippen LogP contribution < -0.4 is 4.74 Å². The number of benzene rings is 2. The van der Waals surface area contributed by atoms with Gasteiger partial charge in [0.2, 0.25) is 0 Å². The number of fused-ring (bicyclic) bond motifs is 1. The minimum absolute atomic E-state index is 0.148. The Morgan fingerprint density at radius 2 is 1.73 bits per heavy atom. The minimum Gasteiger partial charge on any atom is -0.496 e. The van der Waals surface area contributed by atoms with Crippen LogP contribution in [0.1, 0.15) is 31.5 Å². The number of alkyl halides is 3. The fraction of sp³-hybridized carbons (Fsp3) is 0.348. The molecule has 1 aromatic heterocycles. The third kappa shape index (κ3) is 4.26. The van der Waals surface area contributed by atoms with Gasteiger partial charge in [-0.25, -0.2) is 4.39 Å². The summed E-state index contributed by atoms with van der Waals surface area (Å²) in [5.74, 6) is -0.334. The molecule has 0 aliphatic rings. The molecule has 0 fully saturated rings. The normalized spacial score (nSPS) is 14.5. The van der Waals surface area contributed by atoms with E-state index in [1.54, 1.807) is 30.3 Å². The average molecular weight is 421 g/mol.